The monoisotopic (exact) mass is 176 g/mol. The summed E-state index contributed by atoms with van der Waals surface area (Å²) < 4.78 is 18.3. The van der Waals surface area contributed by atoms with E-state index in [1.807, 2.05) is 20.8 Å². The first-order valence-electron chi connectivity index (χ1n) is 4.73. The summed E-state index contributed by atoms with van der Waals surface area (Å²) in [7, 11) is 0. The fraction of sp³-hybridized carbons (Fsp3) is 1.00. The van der Waals surface area contributed by atoms with Crippen LogP contribution in [0.2, 0.25) is 0 Å². The molecule has 0 aromatic carbocycles. The molecule has 0 saturated carbocycles. The third-order valence-electron chi connectivity index (χ3n) is 1.57. The van der Waals surface area contributed by atoms with Crippen LogP contribution in [0.3, 0.4) is 0 Å². The van der Waals surface area contributed by atoms with E-state index in [1.54, 1.807) is 0 Å². The maximum absolute atomic E-state index is 13.0. The van der Waals surface area contributed by atoms with Crippen molar-refractivity contribution in [3.05, 3.63) is 0 Å². The second-order valence-corrected chi connectivity index (χ2v) is 4.16. The van der Waals surface area contributed by atoms with Gasteiger partial charge in [0.15, 0.2) is 0 Å². The van der Waals surface area contributed by atoms with Crippen LogP contribution in [0.25, 0.3) is 0 Å². The van der Waals surface area contributed by atoms with Crippen molar-refractivity contribution in [2.24, 2.45) is 0 Å². The summed E-state index contributed by atoms with van der Waals surface area (Å²) >= 11 is 0. The van der Waals surface area contributed by atoms with Crippen molar-refractivity contribution in [3.63, 3.8) is 0 Å². The molecule has 0 aromatic rings. The van der Waals surface area contributed by atoms with E-state index in [-0.39, 0.29) is 12.2 Å². The second kappa shape index (κ2) is 5.52. The quantitative estimate of drug-likeness (QED) is 0.624. The average Bonchev–Trinajstić information content (AvgIpc) is 1.95. The summed E-state index contributed by atoms with van der Waals surface area (Å²) in [5.41, 5.74) is -0.212. The highest BCUT2D eigenvalue weighted by Crippen LogP contribution is 2.11. The standard InChI is InChI=1S/C10H21FO/c1-5-6-7-9(11)8-12-10(2,3)4/h9H,5-8H2,1-4H3. The molecule has 1 nitrogen and oxygen atoms in total. The molecule has 1 atom stereocenters. The van der Waals surface area contributed by atoms with Gasteiger partial charge in [-0.1, -0.05) is 19.8 Å². The van der Waals surface area contributed by atoms with Crippen molar-refractivity contribution >= 4 is 0 Å². The predicted molar refractivity (Wildman–Crippen MR) is 50.1 cm³/mol. The van der Waals surface area contributed by atoms with Crippen LogP contribution in [0.15, 0.2) is 0 Å². The van der Waals surface area contributed by atoms with Crippen LogP contribution in [-0.2, 0) is 4.74 Å². The minimum atomic E-state index is -0.788. The van der Waals surface area contributed by atoms with Gasteiger partial charge in [0.1, 0.15) is 6.17 Å². The van der Waals surface area contributed by atoms with E-state index in [1.165, 1.54) is 0 Å². The summed E-state index contributed by atoms with van der Waals surface area (Å²) in [6.45, 7) is 8.14. The number of halogens is 1. The molecule has 74 valence electrons. The van der Waals surface area contributed by atoms with Gasteiger partial charge in [-0.05, 0) is 27.2 Å². The van der Waals surface area contributed by atoms with E-state index in [2.05, 4.69) is 6.92 Å². The number of ether oxygens (including phenoxy) is 1. The van der Waals surface area contributed by atoms with Gasteiger partial charge in [0.05, 0.1) is 12.2 Å². The molecule has 0 radical (unpaired) electrons. The van der Waals surface area contributed by atoms with Gasteiger partial charge in [-0.15, -0.1) is 0 Å². The molecule has 0 amide bonds. The summed E-state index contributed by atoms with van der Waals surface area (Å²) in [4.78, 5) is 0. The highest BCUT2D eigenvalue weighted by atomic mass is 19.1. The molecule has 12 heavy (non-hydrogen) atoms. The molecular weight excluding hydrogens is 155 g/mol. The van der Waals surface area contributed by atoms with Gasteiger partial charge in [-0.25, -0.2) is 4.39 Å². The zero-order chi connectivity index (χ0) is 9.61. The van der Waals surface area contributed by atoms with E-state index < -0.39 is 6.17 Å². The van der Waals surface area contributed by atoms with Crippen molar-refractivity contribution in [2.45, 2.75) is 58.7 Å². The van der Waals surface area contributed by atoms with Gasteiger partial charge >= 0.3 is 0 Å². The smallest absolute Gasteiger partial charge is 0.123 e. The zero-order valence-corrected chi connectivity index (χ0v) is 8.69. The maximum Gasteiger partial charge on any atom is 0.123 e. The lowest BCUT2D eigenvalue weighted by atomic mass is 10.1. The molecule has 0 aliphatic heterocycles. The van der Waals surface area contributed by atoms with Crippen molar-refractivity contribution in [1.82, 2.24) is 0 Å². The van der Waals surface area contributed by atoms with Crippen molar-refractivity contribution < 1.29 is 9.13 Å². The van der Waals surface area contributed by atoms with E-state index in [0.29, 0.717) is 6.42 Å². The predicted octanol–water partition coefficient (Wildman–Crippen LogP) is 3.33. The van der Waals surface area contributed by atoms with Crippen molar-refractivity contribution in [3.8, 4) is 0 Å². The van der Waals surface area contributed by atoms with Crippen LogP contribution >= 0.6 is 0 Å². The molecule has 0 rings (SSSR count). The Labute approximate surface area is 75.3 Å². The Morgan fingerprint density at radius 3 is 2.33 bits per heavy atom. The molecule has 0 fully saturated rings. The van der Waals surface area contributed by atoms with Crippen LogP contribution in [0.1, 0.15) is 47.0 Å². The number of unbranched alkanes of at least 4 members (excludes halogenated alkanes) is 1. The first-order chi connectivity index (χ1) is 5.45. The third kappa shape index (κ3) is 7.99. The van der Waals surface area contributed by atoms with Crippen molar-refractivity contribution in [2.75, 3.05) is 6.61 Å². The normalized spacial score (nSPS) is 14.8. The number of alkyl halides is 1. The van der Waals surface area contributed by atoms with E-state index in [0.717, 1.165) is 12.8 Å². The molecular formula is C10H21FO. The van der Waals surface area contributed by atoms with Gasteiger partial charge in [0.25, 0.3) is 0 Å². The largest absolute Gasteiger partial charge is 0.373 e. The number of hydrogen-bond acceptors (Lipinski definition) is 1. The lowest BCUT2D eigenvalue weighted by Gasteiger charge is -2.20. The highest BCUT2D eigenvalue weighted by molar-refractivity contribution is 4.62. The average molecular weight is 176 g/mol. The third-order valence-corrected chi connectivity index (χ3v) is 1.57. The molecule has 0 aliphatic carbocycles. The van der Waals surface area contributed by atoms with Gasteiger partial charge in [0, 0.05) is 0 Å². The van der Waals surface area contributed by atoms with Crippen LogP contribution < -0.4 is 0 Å². The Morgan fingerprint density at radius 2 is 1.92 bits per heavy atom. The molecule has 0 bridgehead atoms. The minimum absolute atomic E-state index is 0.212. The van der Waals surface area contributed by atoms with Crippen LogP contribution in [-0.4, -0.2) is 18.4 Å². The Balaban J connectivity index is 3.37. The number of hydrogen-bond donors (Lipinski definition) is 0. The summed E-state index contributed by atoms with van der Waals surface area (Å²) in [5, 5.41) is 0. The van der Waals surface area contributed by atoms with Gasteiger partial charge in [0.2, 0.25) is 0 Å². The molecule has 1 unspecified atom stereocenters. The van der Waals surface area contributed by atoms with Crippen LogP contribution in [0.4, 0.5) is 4.39 Å². The van der Waals surface area contributed by atoms with Crippen LogP contribution in [0, 0.1) is 0 Å². The molecule has 0 spiro atoms. The molecule has 0 aromatic heterocycles. The summed E-state index contributed by atoms with van der Waals surface area (Å²) in [5.74, 6) is 0. The van der Waals surface area contributed by atoms with E-state index >= 15 is 0 Å². The zero-order valence-electron chi connectivity index (χ0n) is 8.69. The lowest BCUT2D eigenvalue weighted by molar-refractivity contribution is -0.0306. The van der Waals surface area contributed by atoms with E-state index in [9.17, 15) is 4.39 Å². The Kier molecular flexibility index (Phi) is 5.47. The highest BCUT2D eigenvalue weighted by Gasteiger charge is 2.13. The number of rotatable bonds is 5. The fourth-order valence-corrected chi connectivity index (χ4v) is 0.849. The first kappa shape index (κ1) is 11.9. The molecule has 0 N–H and O–H groups in total. The molecule has 2 heteroatoms. The fourth-order valence-electron chi connectivity index (χ4n) is 0.849. The van der Waals surface area contributed by atoms with Crippen molar-refractivity contribution in [1.29, 1.82) is 0 Å². The van der Waals surface area contributed by atoms with E-state index in [4.69, 9.17) is 4.74 Å². The summed E-state index contributed by atoms with van der Waals surface area (Å²) in [6, 6.07) is 0. The Bertz CT molecular complexity index is 107. The maximum atomic E-state index is 13.0. The van der Waals surface area contributed by atoms with Crippen LogP contribution in [0.5, 0.6) is 0 Å². The summed E-state index contributed by atoms with van der Waals surface area (Å²) in [6.07, 6.45) is 1.85. The van der Waals surface area contributed by atoms with Gasteiger partial charge in [-0.2, -0.15) is 0 Å². The SMILES string of the molecule is CCCCC(F)COC(C)(C)C. The molecule has 0 heterocycles. The minimum Gasteiger partial charge on any atom is -0.373 e. The first-order valence-corrected chi connectivity index (χ1v) is 4.73. The van der Waals surface area contributed by atoms with Gasteiger partial charge < -0.3 is 4.74 Å². The van der Waals surface area contributed by atoms with Gasteiger partial charge in [-0.3, -0.25) is 0 Å². The Morgan fingerprint density at radius 1 is 1.33 bits per heavy atom. The topological polar surface area (TPSA) is 9.23 Å². The Hall–Kier alpha value is -0.110. The lowest BCUT2D eigenvalue weighted by Crippen LogP contribution is -2.24. The molecule has 0 saturated heterocycles. The second-order valence-electron chi connectivity index (χ2n) is 4.16. The molecule has 0 aliphatic rings.